The number of carbonyl (C=O) groups is 2. The molecule has 0 aliphatic rings. The maximum Gasteiger partial charge on any atom is 0.306 e. The van der Waals surface area contributed by atoms with Gasteiger partial charge in [0, 0.05) is 0 Å². The van der Waals surface area contributed by atoms with Gasteiger partial charge in [0.05, 0.1) is 12.8 Å². The standard InChI is InChI=1S/C6H9O6P/c7-3(8)1-6(12,5(11)13)2-4(9)10/h11-13H,1-2H2,(H,7,8)(H,9,10). The van der Waals surface area contributed by atoms with Crippen molar-refractivity contribution in [3.63, 3.8) is 0 Å². The van der Waals surface area contributed by atoms with E-state index in [1.54, 1.807) is 0 Å². The van der Waals surface area contributed by atoms with Crippen molar-refractivity contribution in [2.75, 3.05) is 0 Å². The lowest BCUT2D eigenvalue weighted by Gasteiger charge is -2.22. The smallest absolute Gasteiger partial charge is 0.306 e. The molecule has 0 radical (unpaired) electrons. The minimum absolute atomic E-state index is 0.808. The lowest BCUT2D eigenvalue weighted by Crippen LogP contribution is -2.41. The van der Waals surface area contributed by atoms with E-state index in [0.717, 1.165) is 0 Å². The zero-order valence-electron chi connectivity index (χ0n) is 6.52. The first kappa shape index (κ1) is 12.0. The summed E-state index contributed by atoms with van der Waals surface area (Å²) in [5.74, 6) is -2.82. The van der Waals surface area contributed by atoms with E-state index in [9.17, 15) is 14.7 Å². The molecule has 74 valence electrons. The summed E-state index contributed by atoms with van der Waals surface area (Å²) in [5.41, 5.74) is -3.08. The quantitative estimate of drug-likeness (QED) is 0.444. The molecule has 0 aliphatic heterocycles. The molecule has 0 heterocycles. The molecule has 7 heteroatoms. The molecule has 0 aromatic heterocycles. The summed E-state index contributed by atoms with van der Waals surface area (Å²) in [6.07, 6.45) is -1.76. The van der Waals surface area contributed by atoms with Crippen molar-refractivity contribution in [1.29, 1.82) is 0 Å². The van der Waals surface area contributed by atoms with E-state index in [2.05, 4.69) is 8.86 Å². The van der Waals surface area contributed by atoms with Gasteiger partial charge in [-0.25, -0.2) is 0 Å². The van der Waals surface area contributed by atoms with Gasteiger partial charge >= 0.3 is 11.9 Å². The number of aliphatic carboxylic acids is 2. The number of aliphatic hydroxyl groups excluding tert-OH is 1. The average Bonchev–Trinajstić information content (AvgIpc) is 1.82. The van der Waals surface area contributed by atoms with Gasteiger partial charge in [0.25, 0.3) is 0 Å². The van der Waals surface area contributed by atoms with E-state index in [1.165, 1.54) is 0 Å². The Morgan fingerprint density at radius 1 is 1.08 bits per heavy atom. The maximum atomic E-state index is 10.2. The first-order valence-corrected chi connectivity index (χ1v) is 3.72. The summed E-state index contributed by atoms with van der Waals surface area (Å²) in [6, 6.07) is 0. The van der Waals surface area contributed by atoms with Crippen molar-refractivity contribution in [3.8, 4) is 0 Å². The summed E-state index contributed by atoms with van der Waals surface area (Å²) < 4.78 is 0. The predicted molar refractivity (Wildman–Crippen MR) is 44.7 cm³/mol. The molecule has 13 heavy (non-hydrogen) atoms. The zero-order valence-corrected chi connectivity index (χ0v) is 7.52. The molecule has 0 aromatic carbocycles. The monoisotopic (exact) mass is 208 g/mol. The van der Waals surface area contributed by atoms with Crippen LogP contribution in [0.15, 0.2) is 0 Å². The largest absolute Gasteiger partial charge is 0.481 e. The van der Waals surface area contributed by atoms with Crippen LogP contribution in [-0.2, 0) is 9.59 Å². The summed E-state index contributed by atoms with van der Waals surface area (Å²) >= 11 is 0. The van der Waals surface area contributed by atoms with Gasteiger partial charge in [0.2, 0.25) is 0 Å². The summed E-state index contributed by atoms with van der Waals surface area (Å²) in [7, 11) is 2.50. The minimum Gasteiger partial charge on any atom is -0.481 e. The van der Waals surface area contributed by atoms with Crippen molar-refractivity contribution >= 4 is 26.3 Å². The van der Waals surface area contributed by atoms with Crippen molar-refractivity contribution < 1.29 is 30.0 Å². The summed E-state index contributed by atoms with van der Waals surface area (Å²) in [6.45, 7) is 0. The van der Waals surface area contributed by atoms with Crippen LogP contribution in [0, 0.1) is 0 Å². The number of carboxylic acid groups (broad SMARTS) is 2. The first-order valence-electron chi connectivity index (χ1n) is 3.22. The van der Waals surface area contributed by atoms with Gasteiger partial charge in [0.15, 0.2) is 0 Å². The van der Waals surface area contributed by atoms with E-state index < -0.39 is 35.9 Å². The second-order valence-electron chi connectivity index (χ2n) is 2.52. The lowest BCUT2D eigenvalue weighted by molar-refractivity contribution is -0.145. The van der Waals surface area contributed by atoms with Crippen LogP contribution >= 0.6 is 8.86 Å². The molecule has 6 nitrogen and oxygen atoms in total. The Bertz CT molecular complexity index is 232. The Morgan fingerprint density at radius 2 is 1.38 bits per heavy atom. The number of carboxylic acids is 2. The highest BCUT2D eigenvalue weighted by Crippen LogP contribution is 2.17. The third-order valence-corrected chi connectivity index (χ3v) is 1.79. The molecule has 0 aliphatic carbocycles. The third-order valence-electron chi connectivity index (χ3n) is 1.33. The molecule has 0 atom stereocenters. The van der Waals surface area contributed by atoms with E-state index in [1.807, 2.05) is 0 Å². The summed E-state index contributed by atoms with van der Waals surface area (Å²) in [4.78, 5) is 20.4. The van der Waals surface area contributed by atoms with E-state index >= 15 is 0 Å². The molecule has 0 saturated carbocycles. The van der Waals surface area contributed by atoms with Gasteiger partial charge in [-0.1, -0.05) is 8.86 Å². The highest BCUT2D eigenvalue weighted by Gasteiger charge is 2.35. The second kappa shape index (κ2) is 4.32. The minimum atomic E-state index is -2.27. The van der Waals surface area contributed by atoms with Crippen LogP contribution in [0.25, 0.3) is 0 Å². The second-order valence-corrected chi connectivity index (χ2v) is 2.99. The van der Waals surface area contributed by atoms with Crippen LogP contribution in [0.4, 0.5) is 0 Å². The first-order chi connectivity index (χ1) is 5.78. The number of hydrogen-bond acceptors (Lipinski definition) is 3. The van der Waals surface area contributed by atoms with Gasteiger partial charge in [-0.2, -0.15) is 0 Å². The van der Waals surface area contributed by atoms with E-state index in [4.69, 9.17) is 15.3 Å². The summed E-state index contributed by atoms with van der Waals surface area (Å²) in [5, 5.41) is 34.8. The third kappa shape index (κ3) is 3.98. The SMILES string of the molecule is O=C(O)CC(O)(CC(=O)O)C(O)=P. The van der Waals surface area contributed by atoms with Gasteiger partial charge in [-0.05, 0) is 0 Å². The molecule has 4 N–H and O–H groups in total. The number of rotatable bonds is 5. The van der Waals surface area contributed by atoms with Crippen molar-refractivity contribution in [1.82, 2.24) is 0 Å². The highest BCUT2D eigenvalue weighted by atomic mass is 31.0. The van der Waals surface area contributed by atoms with Crippen molar-refractivity contribution in [2.24, 2.45) is 0 Å². The van der Waals surface area contributed by atoms with Crippen LogP contribution in [0.2, 0.25) is 0 Å². The Labute approximate surface area is 75.7 Å². The van der Waals surface area contributed by atoms with Crippen LogP contribution in [-0.4, -0.2) is 43.4 Å². The molecule has 0 rings (SSSR count). The topological polar surface area (TPSA) is 115 Å². The highest BCUT2D eigenvalue weighted by molar-refractivity contribution is 7.20. The van der Waals surface area contributed by atoms with Crippen LogP contribution in [0.3, 0.4) is 0 Å². The van der Waals surface area contributed by atoms with E-state index in [0.29, 0.717) is 0 Å². The Balaban J connectivity index is 4.62. The fourth-order valence-corrected chi connectivity index (χ4v) is 0.907. The van der Waals surface area contributed by atoms with Crippen LogP contribution in [0.5, 0.6) is 0 Å². The molecule has 0 fully saturated rings. The number of hydrogen-bond donors (Lipinski definition) is 4. The molecular formula is C6H9O6P. The van der Waals surface area contributed by atoms with Gasteiger partial charge < -0.3 is 20.4 Å². The molecular weight excluding hydrogens is 199 g/mol. The lowest BCUT2D eigenvalue weighted by atomic mass is 9.97. The van der Waals surface area contributed by atoms with Gasteiger partial charge in [-0.3, -0.25) is 9.59 Å². The van der Waals surface area contributed by atoms with Gasteiger partial charge in [0.1, 0.15) is 11.1 Å². The number of aliphatic hydroxyl groups is 2. The Kier molecular flexibility index (Phi) is 4.00. The molecule has 0 bridgehead atoms. The van der Waals surface area contributed by atoms with Crippen LogP contribution in [0.1, 0.15) is 12.8 Å². The molecule has 0 spiro atoms. The van der Waals surface area contributed by atoms with Crippen LogP contribution < -0.4 is 0 Å². The normalized spacial score (nSPS) is 10.9. The van der Waals surface area contributed by atoms with E-state index in [-0.39, 0.29) is 0 Å². The van der Waals surface area contributed by atoms with Crippen molar-refractivity contribution in [2.45, 2.75) is 18.4 Å². The van der Waals surface area contributed by atoms with Gasteiger partial charge in [-0.15, -0.1) is 0 Å². The fourth-order valence-electron chi connectivity index (χ4n) is 0.730. The fraction of sp³-hybridized carbons (Fsp3) is 0.500. The molecule has 0 amide bonds. The van der Waals surface area contributed by atoms with Crippen molar-refractivity contribution in [3.05, 3.63) is 0 Å². The molecule has 0 aromatic rings. The maximum absolute atomic E-state index is 10.2. The Morgan fingerprint density at radius 3 is 1.54 bits per heavy atom. The Hall–Kier alpha value is -0.970. The predicted octanol–water partition coefficient (Wildman–Crippen LogP) is -0.688. The zero-order chi connectivity index (χ0) is 10.6. The average molecular weight is 208 g/mol. The molecule has 0 unspecified atom stereocenters. The molecule has 0 saturated heterocycles.